The monoisotopic (exact) mass is 447 g/mol. The van der Waals surface area contributed by atoms with Crippen molar-refractivity contribution in [3.05, 3.63) is 36.0 Å². The Hall–Kier alpha value is -2.45. The molecule has 0 atom stereocenters. The number of nitrogens with zero attached hydrogens (tertiary/aromatic N) is 2. The van der Waals surface area contributed by atoms with Crippen LogP contribution in [0.15, 0.2) is 30.5 Å². The average Bonchev–Trinajstić information content (AvgIpc) is 3.28. The first-order chi connectivity index (χ1) is 15.0. The van der Waals surface area contributed by atoms with Gasteiger partial charge in [-0.1, -0.05) is 68.2 Å². The largest absolute Gasteiger partial charge is 0.342 e. The predicted molar refractivity (Wildman–Crippen MR) is 124 cm³/mol. The number of carbonyl (C=O) groups excluding carboxylic acids is 2. The predicted octanol–water partition coefficient (Wildman–Crippen LogP) is 5.35. The fourth-order valence-electron chi connectivity index (χ4n) is 2.93. The summed E-state index contributed by atoms with van der Waals surface area (Å²) >= 11 is 1.47. The third-order valence-corrected chi connectivity index (χ3v) is 5.89. The van der Waals surface area contributed by atoms with Crippen LogP contribution in [0.25, 0.3) is 10.4 Å². The summed E-state index contributed by atoms with van der Waals surface area (Å²) in [4.78, 5) is 40.1. The van der Waals surface area contributed by atoms with Crippen LogP contribution in [0.1, 0.15) is 57.9 Å². The molecule has 0 unspecified atom stereocenters. The van der Waals surface area contributed by atoms with E-state index >= 15 is 0 Å². The number of urea groups is 1. The number of hydrogen-bond acceptors (Lipinski definition) is 6. The Kier molecular flexibility index (Phi) is 11.0. The summed E-state index contributed by atoms with van der Waals surface area (Å²) in [5.41, 5.74) is 2.06. The summed E-state index contributed by atoms with van der Waals surface area (Å²) in [6, 6.07) is 7.83. The lowest BCUT2D eigenvalue weighted by molar-refractivity contribution is -0.269. The molecular weight excluding hydrogens is 414 g/mol. The maximum Gasteiger partial charge on any atom is 0.342 e. The first kappa shape index (κ1) is 24.8. The third-order valence-electron chi connectivity index (χ3n) is 4.77. The molecule has 0 saturated heterocycles. The van der Waals surface area contributed by atoms with Crippen molar-refractivity contribution in [2.75, 3.05) is 25.1 Å². The highest BCUT2D eigenvalue weighted by molar-refractivity contribution is 7.19. The van der Waals surface area contributed by atoms with Gasteiger partial charge in [0.1, 0.15) is 0 Å². The van der Waals surface area contributed by atoms with Gasteiger partial charge in [-0.2, -0.15) is 4.89 Å². The summed E-state index contributed by atoms with van der Waals surface area (Å²) in [5.74, 6) is -0.375. The molecule has 1 aromatic heterocycles. The zero-order chi connectivity index (χ0) is 22.5. The molecule has 7 nitrogen and oxygen atoms in total. The fourth-order valence-corrected chi connectivity index (χ4v) is 3.81. The van der Waals surface area contributed by atoms with E-state index in [0.717, 1.165) is 28.8 Å². The summed E-state index contributed by atoms with van der Waals surface area (Å²) in [7, 11) is 1.74. The van der Waals surface area contributed by atoms with E-state index in [9.17, 15) is 9.59 Å². The lowest BCUT2D eigenvalue weighted by atomic mass is 10.1. The van der Waals surface area contributed by atoms with Crippen molar-refractivity contribution in [1.29, 1.82) is 0 Å². The lowest BCUT2D eigenvalue weighted by Crippen LogP contribution is -2.37. The minimum Gasteiger partial charge on any atom is -0.338 e. The van der Waals surface area contributed by atoms with Gasteiger partial charge in [0.15, 0.2) is 5.13 Å². The second-order valence-corrected chi connectivity index (χ2v) is 8.28. The van der Waals surface area contributed by atoms with Gasteiger partial charge in [0.25, 0.3) is 0 Å². The molecular formula is C23H33N3O4S. The van der Waals surface area contributed by atoms with Gasteiger partial charge in [-0.3, -0.25) is 9.79 Å². The van der Waals surface area contributed by atoms with E-state index in [2.05, 4.69) is 27.0 Å². The van der Waals surface area contributed by atoms with Crippen LogP contribution in [0.4, 0.5) is 9.93 Å². The van der Waals surface area contributed by atoms with Crippen molar-refractivity contribution in [3.63, 3.8) is 0 Å². The van der Waals surface area contributed by atoms with Crippen molar-refractivity contribution in [2.24, 2.45) is 0 Å². The van der Waals surface area contributed by atoms with Crippen molar-refractivity contribution in [1.82, 2.24) is 10.3 Å². The van der Waals surface area contributed by atoms with Gasteiger partial charge >= 0.3 is 12.0 Å². The molecule has 1 aromatic carbocycles. The first-order valence-corrected chi connectivity index (χ1v) is 11.8. The molecule has 1 N–H and O–H groups in total. The fraction of sp³-hybridized carbons (Fsp3) is 0.522. The number of carbonyl (C=O) groups is 2. The quantitative estimate of drug-likeness (QED) is 0.254. The maximum atomic E-state index is 12.4. The Morgan fingerprint density at radius 2 is 1.84 bits per heavy atom. The van der Waals surface area contributed by atoms with Crippen LogP contribution >= 0.6 is 11.3 Å². The van der Waals surface area contributed by atoms with Gasteiger partial charge in [0, 0.05) is 19.8 Å². The molecule has 1 heterocycles. The maximum absolute atomic E-state index is 12.4. The number of unbranched alkanes of at least 4 members (excludes halogenated alkanes) is 4. The van der Waals surface area contributed by atoms with Gasteiger partial charge in [0.05, 0.1) is 17.9 Å². The van der Waals surface area contributed by atoms with Gasteiger partial charge in [-0.05, 0) is 30.9 Å². The highest BCUT2D eigenvalue weighted by Crippen LogP contribution is 2.31. The van der Waals surface area contributed by atoms with Gasteiger partial charge < -0.3 is 5.32 Å². The summed E-state index contributed by atoms with van der Waals surface area (Å²) in [5, 5.41) is 3.61. The normalized spacial score (nSPS) is 10.7. The number of rotatable bonds is 13. The van der Waals surface area contributed by atoms with E-state index in [1.807, 2.05) is 24.3 Å². The molecule has 31 heavy (non-hydrogen) atoms. The molecule has 0 aliphatic heterocycles. The number of thiazole rings is 1. The highest BCUT2D eigenvalue weighted by atomic mass is 32.1. The molecule has 0 aliphatic carbocycles. The van der Waals surface area contributed by atoms with Gasteiger partial charge in [0.2, 0.25) is 0 Å². The molecule has 0 fully saturated rings. The molecule has 0 spiro atoms. The molecule has 2 amide bonds. The van der Waals surface area contributed by atoms with Gasteiger partial charge in [-0.15, -0.1) is 0 Å². The van der Waals surface area contributed by atoms with Crippen LogP contribution in [0.2, 0.25) is 0 Å². The highest BCUT2D eigenvalue weighted by Gasteiger charge is 2.15. The van der Waals surface area contributed by atoms with Crippen LogP contribution in [-0.4, -0.2) is 37.2 Å². The summed E-state index contributed by atoms with van der Waals surface area (Å²) in [6.07, 6.45) is 8.45. The molecule has 2 rings (SSSR count). The molecule has 0 aliphatic rings. The number of anilines is 1. The van der Waals surface area contributed by atoms with Crippen molar-refractivity contribution in [3.8, 4) is 10.4 Å². The van der Waals surface area contributed by atoms with E-state index in [0.29, 0.717) is 24.7 Å². The Morgan fingerprint density at radius 1 is 1.10 bits per heavy atom. The molecule has 0 saturated carbocycles. The van der Waals surface area contributed by atoms with E-state index in [4.69, 9.17) is 0 Å². The minimum atomic E-state index is -0.375. The number of benzene rings is 1. The third kappa shape index (κ3) is 8.67. The average molecular weight is 448 g/mol. The Balaban J connectivity index is 1.82. The van der Waals surface area contributed by atoms with Crippen LogP contribution in [0, 0.1) is 0 Å². The Labute approximate surface area is 188 Å². The topological polar surface area (TPSA) is 80.8 Å². The van der Waals surface area contributed by atoms with E-state index < -0.39 is 0 Å². The Morgan fingerprint density at radius 3 is 2.55 bits per heavy atom. The smallest absolute Gasteiger partial charge is 0.338 e. The first-order valence-electron chi connectivity index (χ1n) is 10.9. The number of hydrogen-bond donors (Lipinski definition) is 1. The van der Waals surface area contributed by atoms with Crippen LogP contribution < -0.4 is 10.2 Å². The molecule has 0 radical (unpaired) electrons. The lowest BCUT2D eigenvalue weighted by Gasteiger charge is -2.14. The standard InChI is InChI=1S/C23H33N3O4S/c1-4-6-7-8-9-16-24-22(28)26(3)23-25-17-20(31-23)19-13-10-18(11-14-19)12-15-21(27)30-29-5-2/h10-11,13-14,17H,4-9,12,15-16H2,1-3H3,(H,24,28). The SMILES string of the molecule is CCCCCCCNC(=O)N(C)c1ncc(-c2ccc(CCC(=O)OOCC)cc2)s1. The van der Waals surface area contributed by atoms with E-state index in [-0.39, 0.29) is 18.4 Å². The Bertz CT molecular complexity index is 807. The van der Waals surface area contributed by atoms with Gasteiger partial charge in [-0.25, -0.2) is 14.6 Å². The number of aryl methyl sites for hydroxylation is 1. The molecule has 8 heteroatoms. The second-order valence-electron chi connectivity index (χ2n) is 7.27. The van der Waals surface area contributed by atoms with Crippen LogP contribution in [0.3, 0.4) is 0 Å². The minimum absolute atomic E-state index is 0.134. The second kappa shape index (κ2) is 13.8. The zero-order valence-corrected chi connectivity index (χ0v) is 19.5. The molecule has 170 valence electrons. The molecule has 2 aromatic rings. The van der Waals surface area contributed by atoms with Crippen molar-refractivity contribution in [2.45, 2.75) is 58.8 Å². The van der Waals surface area contributed by atoms with E-state index in [1.54, 1.807) is 25.1 Å². The zero-order valence-electron chi connectivity index (χ0n) is 18.7. The van der Waals surface area contributed by atoms with Crippen LogP contribution in [-0.2, 0) is 21.0 Å². The molecule has 0 bridgehead atoms. The van der Waals surface area contributed by atoms with Crippen molar-refractivity contribution >= 4 is 28.5 Å². The van der Waals surface area contributed by atoms with Crippen LogP contribution in [0.5, 0.6) is 0 Å². The number of aromatic nitrogens is 1. The van der Waals surface area contributed by atoms with E-state index in [1.165, 1.54) is 30.6 Å². The van der Waals surface area contributed by atoms with Crippen molar-refractivity contribution < 1.29 is 19.4 Å². The summed E-state index contributed by atoms with van der Waals surface area (Å²) < 4.78 is 0. The number of nitrogens with one attached hydrogen (secondary N) is 1. The summed E-state index contributed by atoms with van der Waals surface area (Å²) in [6.45, 7) is 4.98. The number of amides is 2.